The number of aliphatic hydroxyl groups is 1. The number of hydrogen-bond donors (Lipinski definition) is 1. The Balaban J connectivity index is 1.19. The van der Waals surface area contributed by atoms with Gasteiger partial charge in [-0.05, 0) is 61.5 Å². The van der Waals surface area contributed by atoms with Crippen LogP contribution in [0.2, 0.25) is 0 Å². The van der Waals surface area contributed by atoms with Gasteiger partial charge in [0.05, 0.1) is 12.6 Å². The molecule has 1 fully saturated rings. The minimum atomic E-state index is -0.358. The molecule has 1 saturated heterocycles. The fourth-order valence-electron chi connectivity index (χ4n) is 3.78. The van der Waals surface area contributed by atoms with Crippen molar-refractivity contribution in [3.63, 3.8) is 0 Å². The molecule has 146 valence electrons. The topological polar surface area (TPSA) is 80.9 Å². The summed E-state index contributed by atoms with van der Waals surface area (Å²) in [7, 11) is 0. The van der Waals surface area contributed by atoms with Crippen LogP contribution in [0.5, 0.6) is 11.5 Å². The molecule has 0 bridgehead atoms. The first-order valence-corrected chi connectivity index (χ1v) is 10.3. The van der Waals surface area contributed by atoms with E-state index in [0.29, 0.717) is 29.9 Å². The van der Waals surface area contributed by atoms with E-state index in [1.165, 1.54) is 0 Å². The average molecular weight is 399 g/mol. The average Bonchev–Trinajstić information content (AvgIpc) is 3.48. The summed E-state index contributed by atoms with van der Waals surface area (Å²) >= 11 is 1.62. The Morgan fingerprint density at radius 2 is 2.04 bits per heavy atom. The van der Waals surface area contributed by atoms with Crippen LogP contribution in [0.25, 0.3) is 11.4 Å². The van der Waals surface area contributed by atoms with Crippen molar-refractivity contribution in [2.45, 2.75) is 25.5 Å². The number of likely N-dealkylation sites (tertiary alicyclic amines) is 1. The van der Waals surface area contributed by atoms with Crippen LogP contribution in [0, 0.1) is 5.92 Å². The lowest BCUT2D eigenvalue weighted by atomic mass is 9.90. The lowest BCUT2D eigenvalue weighted by Gasteiger charge is -2.33. The lowest BCUT2D eigenvalue weighted by molar-refractivity contribution is 0.0560. The molecule has 4 heterocycles. The number of thiophene rings is 1. The van der Waals surface area contributed by atoms with E-state index in [4.69, 9.17) is 14.0 Å². The Kier molecular flexibility index (Phi) is 4.76. The van der Waals surface area contributed by atoms with Crippen molar-refractivity contribution in [3.8, 4) is 22.9 Å². The second kappa shape index (κ2) is 7.54. The number of hydrogen-bond acceptors (Lipinski definition) is 8. The zero-order chi connectivity index (χ0) is 18.9. The van der Waals surface area contributed by atoms with E-state index >= 15 is 0 Å². The minimum absolute atomic E-state index is 0.243. The monoisotopic (exact) mass is 399 g/mol. The zero-order valence-electron chi connectivity index (χ0n) is 15.3. The molecular weight excluding hydrogens is 378 g/mol. The maximum atomic E-state index is 10.5. The van der Waals surface area contributed by atoms with E-state index in [0.717, 1.165) is 42.1 Å². The Labute approximate surface area is 166 Å². The quantitative estimate of drug-likeness (QED) is 0.703. The molecule has 3 aromatic rings. The SMILES string of the molecule is OC(c1cccs1)C1CCN(Cc2nc(-c3ccc4c(c3)OCO4)no2)CC1. The van der Waals surface area contributed by atoms with Crippen molar-refractivity contribution in [3.05, 3.63) is 46.5 Å². The second-order valence-corrected chi connectivity index (χ2v) is 8.13. The van der Waals surface area contributed by atoms with Crippen molar-refractivity contribution in [1.29, 1.82) is 0 Å². The van der Waals surface area contributed by atoms with Gasteiger partial charge in [-0.25, -0.2) is 0 Å². The molecule has 2 aliphatic rings. The molecule has 7 nitrogen and oxygen atoms in total. The number of nitrogens with zero attached hydrogens (tertiary/aromatic N) is 3. The predicted octanol–water partition coefficient (Wildman–Crippen LogP) is 3.47. The van der Waals surface area contributed by atoms with Gasteiger partial charge < -0.3 is 19.1 Å². The lowest BCUT2D eigenvalue weighted by Crippen LogP contribution is -2.35. The van der Waals surface area contributed by atoms with Crippen molar-refractivity contribution in [2.75, 3.05) is 19.9 Å². The molecule has 1 atom stereocenters. The molecule has 1 aromatic carbocycles. The number of aliphatic hydroxyl groups excluding tert-OH is 1. The molecule has 1 unspecified atom stereocenters. The summed E-state index contributed by atoms with van der Waals surface area (Å²) in [5.74, 6) is 2.90. The fourth-order valence-corrected chi connectivity index (χ4v) is 4.59. The van der Waals surface area contributed by atoms with Crippen LogP contribution in [0.4, 0.5) is 0 Å². The Hall–Kier alpha value is -2.42. The maximum absolute atomic E-state index is 10.5. The number of benzene rings is 1. The third-order valence-electron chi connectivity index (χ3n) is 5.37. The standard InChI is InChI=1S/C20H21N3O4S/c24-19(17-2-1-9-28-17)13-5-7-23(8-6-13)11-18-21-20(22-27-18)14-3-4-15-16(10-14)26-12-25-15/h1-4,9-10,13,19,24H,5-8,11-12H2. The Bertz CT molecular complexity index is 935. The predicted molar refractivity (Wildman–Crippen MR) is 103 cm³/mol. The summed E-state index contributed by atoms with van der Waals surface area (Å²) < 4.78 is 16.2. The largest absolute Gasteiger partial charge is 0.454 e. The van der Waals surface area contributed by atoms with Crippen LogP contribution in [-0.2, 0) is 6.54 Å². The number of aromatic nitrogens is 2. The van der Waals surface area contributed by atoms with E-state index in [2.05, 4.69) is 15.0 Å². The van der Waals surface area contributed by atoms with E-state index in [-0.39, 0.29) is 12.9 Å². The van der Waals surface area contributed by atoms with Gasteiger partial charge in [0.2, 0.25) is 18.5 Å². The molecule has 28 heavy (non-hydrogen) atoms. The van der Waals surface area contributed by atoms with Gasteiger partial charge in [0, 0.05) is 10.4 Å². The molecule has 0 radical (unpaired) electrons. The fraction of sp³-hybridized carbons (Fsp3) is 0.400. The van der Waals surface area contributed by atoms with Gasteiger partial charge in [0.15, 0.2) is 11.5 Å². The summed E-state index contributed by atoms with van der Waals surface area (Å²) in [6.45, 7) is 2.69. The first kappa shape index (κ1) is 17.7. The molecule has 0 spiro atoms. The van der Waals surface area contributed by atoms with Crippen LogP contribution in [0.3, 0.4) is 0 Å². The number of piperidine rings is 1. The van der Waals surface area contributed by atoms with Crippen LogP contribution in [0.15, 0.2) is 40.2 Å². The van der Waals surface area contributed by atoms with Gasteiger partial charge in [-0.1, -0.05) is 11.2 Å². The number of fused-ring (bicyclic) bond motifs is 1. The summed E-state index contributed by atoms with van der Waals surface area (Å²) in [5, 5.41) is 16.7. The van der Waals surface area contributed by atoms with Crippen molar-refractivity contribution < 1.29 is 19.1 Å². The zero-order valence-corrected chi connectivity index (χ0v) is 16.1. The summed E-state index contributed by atoms with van der Waals surface area (Å²) in [4.78, 5) is 7.89. The van der Waals surface area contributed by atoms with Crippen LogP contribution < -0.4 is 9.47 Å². The molecule has 0 aliphatic carbocycles. The molecule has 2 aliphatic heterocycles. The van der Waals surface area contributed by atoms with E-state index in [1.807, 2.05) is 35.7 Å². The highest BCUT2D eigenvalue weighted by atomic mass is 32.1. The Morgan fingerprint density at radius 1 is 1.18 bits per heavy atom. The van der Waals surface area contributed by atoms with Gasteiger partial charge in [0.1, 0.15) is 0 Å². The minimum Gasteiger partial charge on any atom is -0.454 e. The smallest absolute Gasteiger partial charge is 0.241 e. The van der Waals surface area contributed by atoms with Crippen molar-refractivity contribution in [2.24, 2.45) is 5.92 Å². The first-order chi connectivity index (χ1) is 13.8. The van der Waals surface area contributed by atoms with Gasteiger partial charge >= 0.3 is 0 Å². The third kappa shape index (κ3) is 3.50. The molecule has 5 rings (SSSR count). The number of ether oxygens (including phenoxy) is 2. The molecule has 2 aromatic heterocycles. The molecule has 0 amide bonds. The summed E-state index contributed by atoms with van der Waals surface area (Å²) in [6.07, 6.45) is 1.56. The highest BCUT2D eigenvalue weighted by Gasteiger charge is 2.27. The maximum Gasteiger partial charge on any atom is 0.241 e. The van der Waals surface area contributed by atoms with Crippen LogP contribution in [-0.4, -0.2) is 40.0 Å². The Morgan fingerprint density at radius 3 is 2.86 bits per heavy atom. The van der Waals surface area contributed by atoms with Gasteiger partial charge in [-0.3, -0.25) is 4.90 Å². The normalized spacial score (nSPS) is 18.5. The van der Waals surface area contributed by atoms with Crippen LogP contribution in [0.1, 0.15) is 29.7 Å². The van der Waals surface area contributed by atoms with E-state index in [1.54, 1.807) is 11.3 Å². The van der Waals surface area contributed by atoms with Crippen molar-refractivity contribution in [1.82, 2.24) is 15.0 Å². The first-order valence-electron chi connectivity index (χ1n) is 9.43. The highest BCUT2D eigenvalue weighted by Crippen LogP contribution is 2.35. The molecule has 8 heteroatoms. The highest BCUT2D eigenvalue weighted by molar-refractivity contribution is 7.10. The van der Waals surface area contributed by atoms with E-state index < -0.39 is 0 Å². The molecular formula is C20H21N3O4S. The van der Waals surface area contributed by atoms with Gasteiger partial charge in [-0.2, -0.15) is 4.98 Å². The third-order valence-corrected chi connectivity index (χ3v) is 6.31. The van der Waals surface area contributed by atoms with Crippen molar-refractivity contribution >= 4 is 11.3 Å². The summed E-state index contributed by atoms with van der Waals surface area (Å²) in [5.41, 5.74) is 0.844. The molecule has 0 saturated carbocycles. The molecule has 1 N–H and O–H groups in total. The van der Waals surface area contributed by atoms with Gasteiger partial charge in [0.25, 0.3) is 0 Å². The van der Waals surface area contributed by atoms with Gasteiger partial charge in [-0.15, -0.1) is 11.3 Å². The number of rotatable bonds is 5. The van der Waals surface area contributed by atoms with Crippen LogP contribution >= 0.6 is 11.3 Å². The van der Waals surface area contributed by atoms with E-state index in [9.17, 15) is 5.11 Å². The second-order valence-electron chi connectivity index (χ2n) is 7.15. The summed E-state index contributed by atoms with van der Waals surface area (Å²) in [6, 6.07) is 9.63.